The van der Waals surface area contributed by atoms with Gasteiger partial charge in [-0.05, 0) is 18.1 Å². The van der Waals surface area contributed by atoms with Gasteiger partial charge in [-0.25, -0.2) is 8.42 Å². The Morgan fingerprint density at radius 2 is 1.74 bits per heavy atom. The van der Waals surface area contributed by atoms with Gasteiger partial charge in [0, 0.05) is 31.6 Å². The van der Waals surface area contributed by atoms with E-state index in [0.29, 0.717) is 12.3 Å². The van der Waals surface area contributed by atoms with E-state index >= 15 is 0 Å². The fourth-order valence-corrected chi connectivity index (χ4v) is 3.49. The van der Waals surface area contributed by atoms with Gasteiger partial charge in [-0.3, -0.25) is 4.79 Å². The van der Waals surface area contributed by atoms with Crippen LogP contribution in [0.4, 0.5) is 0 Å². The first-order valence-electron chi connectivity index (χ1n) is 8.78. The molecule has 6 nitrogen and oxygen atoms in total. The first kappa shape index (κ1) is 20.9. The summed E-state index contributed by atoms with van der Waals surface area (Å²) in [4.78, 5) is 12.1. The van der Waals surface area contributed by atoms with Crippen molar-refractivity contribution in [3.63, 3.8) is 0 Å². The van der Waals surface area contributed by atoms with Crippen molar-refractivity contribution >= 4 is 15.9 Å². The van der Waals surface area contributed by atoms with E-state index in [2.05, 4.69) is 5.32 Å². The summed E-state index contributed by atoms with van der Waals surface area (Å²) in [6, 6.07) is 17.1. The van der Waals surface area contributed by atoms with Gasteiger partial charge in [0.15, 0.2) is 0 Å². The molecular weight excluding hydrogens is 364 g/mol. The Labute approximate surface area is 161 Å². The quantitative estimate of drug-likeness (QED) is 0.675. The van der Waals surface area contributed by atoms with Gasteiger partial charge in [-0.15, -0.1) is 0 Å². The van der Waals surface area contributed by atoms with Crippen LogP contribution in [0.25, 0.3) is 0 Å². The maximum atomic E-state index is 12.1. The van der Waals surface area contributed by atoms with Crippen LogP contribution in [0.3, 0.4) is 0 Å². The number of para-hydroxylation sites is 1. The minimum Gasteiger partial charge on any atom is -0.496 e. The molecule has 0 spiro atoms. The molecule has 0 aliphatic heterocycles. The maximum Gasteiger partial charge on any atom is 0.221 e. The van der Waals surface area contributed by atoms with Crippen LogP contribution in [-0.2, 0) is 27.8 Å². The summed E-state index contributed by atoms with van der Waals surface area (Å²) in [6.07, 6.45) is 2.00. The van der Waals surface area contributed by atoms with Gasteiger partial charge < -0.3 is 10.1 Å². The second-order valence-electron chi connectivity index (χ2n) is 6.24. The van der Waals surface area contributed by atoms with E-state index in [0.717, 1.165) is 23.8 Å². The molecule has 2 aromatic rings. The molecule has 7 heteroatoms. The van der Waals surface area contributed by atoms with Crippen molar-refractivity contribution in [2.24, 2.45) is 0 Å². The smallest absolute Gasteiger partial charge is 0.221 e. The van der Waals surface area contributed by atoms with Gasteiger partial charge in [0.2, 0.25) is 15.9 Å². The van der Waals surface area contributed by atoms with Crippen molar-refractivity contribution < 1.29 is 17.9 Å². The van der Waals surface area contributed by atoms with Crippen LogP contribution in [0.5, 0.6) is 5.75 Å². The van der Waals surface area contributed by atoms with E-state index in [1.165, 1.54) is 4.31 Å². The lowest BCUT2D eigenvalue weighted by Crippen LogP contribution is -2.34. The highest BCUT2D eigenvalue weighted by atomic mass is 32.2. The Bertz CT molecular complexity index is 838. The Morgan fingerprint density at radius 3 is 2.41 bits per heavy atom. The summed E-state index contributed by atoms with van der Waals surface area (Å²) in [5, 5.41) is 2.84. The monoisotopic (exact) mass is 390 g/mol. The molecule has 2 aromatic carbocycles. The average Bonchev–Trinajstić information content (AvgIpc) is 2.65. The van der Waals surface area contributed by atoms with Crippen molar-refractivity contribution in [1.82, 2.24) is 9.62 Å². The van der Waals surface area contributed by atoms with E-state index in [4.69, 9.17) is 4.74 Å². The van der Waals surface area contributed by atoms with Gasteiger partial charge in [-0.2, -0.15) is 4.31 Å². The summed E-state index contributed by atoms with van der Waals surface area (Å²) in [6.45, 7) is 0.808. The Kier molecular flexibility index (Phi) is 7.82. The average molecular weight is 391 g/mol. The Hall–Kier alpha value is -2.38. The largest absolute Gasteiger partial charge is 0.496 e. The van der Waals surface area contributed by atoms with Crippen LogP contribution in [0.1, 0.15) is 17.5 Å². The highest BCUT2D eigenvalue weighted by Crippen LogP contribution is 2.20. The highest BCUT2D eigenvalue weighted by molar-refractivity contribution is 7.88. The molecule has 1 N–H and O–H groups in total. The van der Waals surface area contributed by atoms with Gasteiger partial charge >= 0.3 is 0 Å². The predicted octanol–water partition coefficient (Wildman–Crippen LogP) is 2.21. The lowest BCUT2D eigenvalue weighted by atomic mass is 10.1. The Morgan fingerprint density at radius 1 is 1.07 bits per heavy atom. The molecule has 2 rings (SSSR count). The number of rotatable bonds is 10. The number of hydrogen-bond acceptors (Lipinski definition) is 4. The summed E-state index contributed by atoms with van der Waals surface area (Å²) >= 11 is 0. The van der Waals surface area contributed by atoms with Gasteiger partial charge in [0.1, 0.15) is 5.75 Å². The van der Waals surface area contributed by atoms with E-state index in [1.807, 2.05) is 48.5 Å². The van der Waals surface area contributed by atoms with Crippen LogP contribution < -0.4 is 10.1 Å². The molecule has 0 saturated heterocycles. The molecule has 0 heterocycles. The number of nitrogens with zero attached hydrogens (tertiary/aromatic N) is 1. The second kappa shape index (κ2) is 10.1. The van der Waals surface area contributed by atoms with Crippen molar-refractivity contribution in [3.8, 4) is 5.75 Å². The van der Waals surface area contributed by atoms with Crippen LogP contribution in [0, 0.1) is 0 Å². The standard InChI is InChI=1S/C20H26N2O4S/c1-26-19-11-7-6-10-18(19)16-22(27(2,24)25)15-13-20(23)21-14-12-17-8-4-3-5-9-17/h3-11H,12-16H2,1-2H3,(H,21,23). The summed E-state index contributed by atoms with van der Waals surface area (Å²) in [5.41, 5.74) is 1.90. The molecule has 146 valence electrons. The van der Waals surface area contributed by atoms with E-state index < -0.39 is 10.0 Å². The number of ether oxygens (including phenoxy) is 1. The third kappa shape index (κ3) is 7.03. The molecule has 0 saturated carbocycles. The summed E-state index contributed by atoms with van der Waals surface area (Å²) < 4.78 is 30.8. The van der Waals surface area contributed by atoms with Crippen LogP contribution in [-0.4, -0.2) is 45.1 Å². The third-order valence-electron chi connectivity index (χ3n) is 4.18. The zero-order chi connectivity index (χ0) is 19.7. The van der Waals surface area contributed by atoms with Crippen molar-refractivity contribution in [2.45, 2.75) is 19.4 Å². The molecule has 0 radical (unpaired) electrons. The number of nitrogens with one attached hydrogen (secondary N) is 1. The van der Waals surface area contributed by atoms with E-state index in [9.17, 15) is 13.2 Å². The number of amides is 1. The zero-order valence-corrected chi connectivity index (χ0v) is 16.5. The minimum absolute atomic E-state index is 0.108. The minimum atomic E-state index is -3.45. The van der Waals surface area contributed by atoms with Crippen molar-refractivity contribution in [3.05, 3.63) is 65.7 Å². The topological polar surface area (TPSA) is 75.7 Å². The normalized spacial score (nSPS) is 11.4. The first-order chi connectivity index (χ1) is 12.9. The molecular formula is C20H26N2O4S. The van der Waals surface area contributed by atoms with E-state index in [1.54, 1.807) is 13.2 Å². The lowest BCUT2D eigenvalue weighted by molar-refractivity contribution is -0.121. The van der Waals surface area contributed by atoms with Gasteiger partial charge in [-0.1, -0.05) is 48.5 Å². The summed E-state index contributed by atoms with van der Waals surface area (Å²) in [7, 11) is -1.90. The molecule has 0 aliphatic rings. The van der Waals surface area contributed by atoms with Gasteiger partial charge in [0.05, 0.1) is 13.4 Å². The molecule has 0 aliphatic carbocycles. The SMILES string of the molecule is COc1ccccc1CN(CCC(=O)NCCc1ccccc1)S(C)(=O)=O. The fourth-order valence-electron chi connectivity index (χ4n) is 2.69. The number of methoxy groups -OCH3 is 1. The first-order valence-corrected chi connectivity index (χ1v) is 10.6. The van der Waals surface area contributed by atoms with Crippen LogP contribution in [0.15, 0.2) is 54.6 Å². The molecule has 0 bridgehead atoms. The Balaban J connectivity index is 1.88. The number of carbonyl (C=O) groups is 1. The lowest BCUT2D eigenvalue weighted by Gasteiger charge is -2.21. The molecule has 0 unspecified atom stereocenters. The molecule has 1 amide bonds. The van der Waals surface area contributed by atoms with Crippen molar-refractivity contribution in [1.29, 1.82) is 0 Å². The highest BCUT2D eigenvalue weighted by Gasteiger charge is 2.19. The van der Waals surface area contributed by atoms with E-state index in [-0.39, 0.29) is 25.4 Å². The fraction of sp³-hybridized carbons (Fsp3) is 0.350. The molecule has 0 atom stereocenters. The number of sulfonamides is 1. The van der Waals surface area contributed by atoms with Gasteiger partial charge in [0.25, 0.3) is 0 Å². The van der Waals surface area contributed by atoms with Crippen molar-refractivity contribution in [2.75, 3.05) is 26.5 Å². The summed E-state index contributed by atoms with van der Waals surface area (Å²) in [5.74, 6) is 0.457. The maximum absolute atomic E-state index is 12.1. The van der Waals surface area contributed by atoms with Crippen LogP contribution in [0.2, 0.25) is 0 Å². The number of hydrogen-bond donors (Lipinski definition) is 1. The second-order valence-corrected chi connectivity index (χ2v) is 8.23. The third-order valence-corrected chi connectivity index (χ3v) is 5.42. The predicted molar refractivity (Wildman–Crippen MR) is 106 cm³/mol. The number of benzene rings is 2. The molecule has 27 heavy (non-hydrogen) atoms. The zero-order valence-electron chi connectivity index (χ0n) is 15.7. The van der Waals surface area contributed by atoms with Crippen LogP contribution >= 0.6 is 0 Å². The number of carbonyl (C=O) groups excluding carboxylic acids is 1. The molecule has 0 fully saturated rings. The molecule has 0 aromatic heterocycles.